The van der Waals surface area contributed by atoms with Crippen LogP contribution in [0, 0.1) is 5.92 Å². The first kappa shape index (κ1) is 26.0. The average molecular weight is 521 g/mol. The first-order valence-electron chi connectivity index (χ1n) is 11.8. The van der Waals surface area contributed by atoms with Crippen molar-refractivity contribution in [2.45, 2.75) is 47.1 Å². The maximum atomic E-state index is 13.4. The van der Waals surface area contributed by atoms with Gasteiger partial charge in [0.1, 0.15) is 10.4 Å². The third-order valence-electron chi connectivity index (χ3n) is 6.89. The molecule has 35 heavy (non-hydrogen) atoms. The summed E-state index contributed by atoms with van der Waals surface area (Å²) in [5.74, 6) is -1.13. The third-order valence-corrected chi connectivity index (χ3v) is 9.72. The minimum absolute atomic E-state index is 0.0874. The van der Waals surface area contributed by atoms with E-state index in [9.17, 15) is 24.6 Å². The van der Waals surface area contributed by atoms with E-state index in [2.05, 4.69) is 10.6 Å². The zero-order valence-corrected chi connectivity index (χ0v) is 21.3. The number of carbonyl (C=O) groups is 3. The van der Waals surface area contributed by atoms with Gasteiger partial charge in [0, 0.05) is 53.6 Å². The van der Waals surface area contributed by atoms with Gasteiger partial charge in [0.05, 0.1) is 6.04 Å². The van der Waals surface area contributed by atoms with Gasteiger partial charge in [0.2, 0.25) is 11.8 Å². The van der Waals surface area contributed by atoms with Crippen LogP contribution >= 0.6 is 23.5 Å². The van der Waals surface area contributed by atoms with E-state index in [0.29, 0.717) is 17.9 Å². The lowest BCUT2D eigenvalue weighted by Crippen LogP contribution is -2.72. The van der Waals surface area contributed by atoms with Crippen LogP contribution in [0.5, 0.6) is 0 Å². The fourth-order valence-corrected chi connectivity index (χ4v) is 8.18. The first-order chi connectivity index (χ1) is 16.8. The molecule has 4 atom stereocenters. The maximum Gasteiger partial charge on any atom is 0.352 e. The van der Waals surface area contributed by atoms with E-state index in [1.165, 1.54) is 16.7 Å². The molecule has 11 heteroatoms. The second-order valence-corrected chi connectivity index (χ2v) is 11.8. The van der Waals surface area contributed by atoms with Crippen LogP contribution in [0.1, 0.15) is 26.2 Å². The molecule has 9 nitrogen and oxygen atoms in total. The number of thioether (sulfide) groups is 2. The molecule has 0 aliphatic carbocycles. The van der Waals surface area contributed by atoms with Gasteiger partial charge in [0.25, 0.3) is 0 Å². The van der Waals surface area contributed by atoms with Crippen molar-refractivity contribution in [3.63, 3.8) is 0 Å². The maximum absolute atomic E-state index is 13.4. The molecule has 3 heterocycles. The van der Waals surface area contributed by atoms with Gasteiger partial charge < -0.3 is 26.6 Å². The Morgan fingerprint density at radius 1 is 1.31 bits per heavy atom. The number of benzene rings is 1. The smallest absolute Gasteiger partial charge is 0.352 e. The number of nitrogens with two attached hydrogens (primary N) is 1. The lowest BCUT2D eigenvalue weighted by Gasteiger charge is -2.55. The van der Waals surface area contributed by atoms with Crippen molar-refractivity contribution in [1.82, 2.24) is 10.2 Å². The lowest BCUT2D eigenvalue weighted by atomic mass is 9.78. The number of hydrogen-bond acceptors (Lipinski definition) is 8. The molecule has 2 fully saturated rings. The highest BCUT2D eigenvalue weighted by molar-refractivity contribution is 8.02. The molecule has 0 bridgehead atoms. The monoisotopic (exact) mass is 520 g/mol. The summed E-state index contributed by atoms with van der Waals surface area (Å²) >= 11 is 3.11. The van der Waals surface area contributed by atoms with Crippen LogP contribution in [0.15, 0.2) is 40.4 Å². The predicted octanol–water partition coefficient (Wildman–Crippen LogP) is 1.48. The van der Waals surface area contributed by atoms with Crippen LogP contribution < -0.4 is 16.4 Å². The number of nitrogens with one attached hydrogen (secondary N) is 2. The highest BCUT2D eigenvalue weighted by atomic mass is 32.2. The molecule has 0 aromatic heterocycles. The first-order valence-corrected chi connectivity index (χ1v) is 13.7. The van der Waals surface area contributed by atoms with Gasteiger partial charge in [-0.15, -0.1) is 23.5 Å². The quantitative estimate of drug-likeness (QED) is 0.216. The summed E-state index contributed by atoms with van der Waals surface area (Å²) in [6, 6.07) is 7.09. The number of amides is 2. The van der Waals surface area contributed by atoms with Gasteiger partial charge in [-0.1, -0.05) is 6.92 Å². The number of aliphatic hydroxyl groups is 1. The molecule has 2 amide bonds. The van der Waals surface area contributed by atoms with E-state index in [0.717, 1.165) is 30.0 Å². The standard InChI is InChI=1S/C24H32N4O5S2/c1-14-18(13-34-16-4-2-15(3-5-16)27-19(30)6-9-25)20(22(31)32)28-21(14)24(8-11-29,23(28)33)35-17-7-10-26-12-17/h2-5,14,17,21,26,29H,6-13,25H2,1H3,(H,27,30)(H,31,32)/t14-,17?,21+,24?/m1/s1. The highest BCUT2D eigenvalue weighted by Crippen LogP contribution is 2.57. The van der Waals surface area contributed by atoms with Crippen LogP contribution in [0.4, 0.5) is 5.69 Å². The van der Waals surface area contributed by atoms with E-state index in [4.69, 9.17) is 5.73 Å². The Bertz CT molecular complexity index is 1010. The van der Waals surface area contributed by atoms with Crippen LogP contribution in [-0.4, -0.2) is 80.9 Å². The van der Waals surface area contributed by atoms with Crippen molar-refractivity contribution in [1.29, 1.82) is 0 Å². The number of carboxylic acid groups (broad SMARTS) is 1. The SMILES string of the molecule is C[C@@H]1C(CSc2ccc(NC(=O)CCN)cc2)=C(C(=O)O)N2C(=O)C(CCO)(SC3CCNC3)[C@H]12. The van der Waals surface area contributed by atoms with E-state index in [1.807, 2.05) is 19.1 Å². The number of fused-ring (bicyclic) bond motifs is 1. The number of carbonyl (C=O) groups excluding carboxylic acids is 2. The van der Waals surface area contributed by atoms with Gasteiger partial charge in [-0.2, -0.15) is 0 Å². The number of β-lactam (4-membered cyclic amide) rings is 1. The van der Waals surface area contributed by atoms with Crippen LogP contribution in [-0.2, 0) is 14.4 Å². The zero-order valence-electron chi connectivity index (χ0n) is 19.7. The Morgan fingerprint density at radius 3 is 2.66 bits per heavy atom. The molecule has 2 saturated heterocycles. The molecule has 3 aliphatic heterocycles. The third kappa shape index (κ3) is 4.97. The number of rotatable bonds is 11. The number of anilines is 1. The van der Waals surface area contributed by atoms with Crippen molar-refractivity contribution in [2.75, 3.05) is 37.3 Å². The van der Waals surface area contributed by atoms with E-state index >= 15 is 0 Å². The largest absolute Gasteiger partial charge is 0.477 e. The number of carboxylic acids is 1. The minimum Gasteiger partial charge on any atom is -0.477 e. The Labute approximate surface area is 213 Å². The fraction of sp³-hybridized carbons (Fsp3) is 0.542. The van der Waals surface area contributed by atoms with Crippen molar-refractivity contribution in [3.05, 3.63) is 35.5 Å². The van der Waals surface area contributed by atoms with Gasteiger partial charge in [0.15, 0.2) is 0 Å². The van der Waals surface area contributed by atoms with Crippen LogP contribution in [0.2, 0.25) is 0 Å². The van der Waals surface area contributed by atoms with Crippen molar-refractivity contribution >= 4 is 47.0 Å². The zero-order chi connectivity index (χ0) is 25.2. The summed E-state index contributed by atoms with van der Waals surface area (Å²) in [5, 5.41) is 26.2. The molecule has 1 aromatic carbocycles. The summed E-state index contributed by atoms with van der Waals surface area (Å²) in [4.78, 5) is 39.8. The molecular weight excluding hydrogens is 488 g/mol. The minimum atomic E-state index is -1.09. The molecule has 0 radical (unpaired) electrons. The van der Waals surface area contributed by atoms with Crippen molar-refractivity contribution < 1.29 is 24.6 Å². The van der Waals surface area contributed by atoms with Crippen molar-refractivity contribution in [2.24, 2.45) is 11.7 Å². The second kappa shape index (κ2) is 10.9. The number of aliphatic hydroxyl groups excluding tert-OH is 1. The summed E-state index contributed by atoms with van der Waals surface area (Å²) in [7, 11) is 0. The van der Waals surface area contributed by atoms with Crippen molar-refractivity contribution in [3.8, 4) is 0 Å². The summed E-state index contributed by atoms with van der Waals surface area (Å²) in [6.45, 7) is 3.88. The molecule has 0 spiro atoms. The fourth-order valence-electron chi connectivity index (χ4n) is 5.24. The molecule has 3 aliphatic rings. The number of nitrogens with zero attached hydrogens (tertiary/aromatic N) is 1. The second-order valence-electron chi connectivity index (χ2n) is 9.08. The average Bonchev–Trinajstić information content (AvgIpc) is 3.43. The van der Waals surface area contributed by atoms with Gasteiger partial charge >= 0.3 is 5.97 Å². The van der Waals surface area contributed by atoms with Gasteiger partial charge in [-0.05, 0) is 49.2 Å². The van der Waals surface area contributed by atoms with Gasteiger partial charge in [-0.25, -0.2) is 4.79 Å². The van der Waals surface area contributed by atoms with E-state index in [1.54, 1.807) is 23.9 Å². The van der Waals surface area contributed by atoms with E-state index < -0.39 is 10.7 Å². The molecule has 0 saturated carbocycles. The van der Waals surface area contributed by atoms with Gasteiger partial charge in [-0.3, -0.25) is 14.5 Å². The number of hydrogen-bond donors (Lipinski definition) is 5. The molecule has 190 valence electrons. The van der Waals surface area contributed by atoms with Crippen LogP contribution in [0.25, 0.3) is 0 Å². The van der Waals surface area contributed by atoms with E-state index in [-0.39, 0.29) is 54.3 Å². The molecule has 6 N–H and O–H groups in total. The number of aliphatic carboxylic acids is 1. The molecular formula is C24H32N4O5S2. The van der Waals surface area contributed by atoms with Crippen LogP contribution in [0.3, 0.4) is 0 Å². The topological polar surface area (TPSA) is 145 Å². The summed E-state index contributed by atoms with van der Waals surface area (Å²) < 4.78 is -0.790. The highest BCUT2D eigenvalue weighted by Gasteiger charge is 2.68. The Hall–Kier alpha value is -2.05. The predicted molar refractivity (Wildman–Crippen MR) is 137 cm³/mol. The molecule has 1 aromatic rings. The lowest BCUT2D eigenvalue weighted by molar-refractivity contribution is -0.153. The normalized spacial score (nSPS) is 27.7. The summed E-state index contributed by atoms with van der Waals surface area (Å²) in [5.41, 5.74) is 6.91. The Morgan fingerprint density at radius 2 is 2.06 bits per heavy atom. The summed E-state index contributed by atoms with van der Waals surface area (Å²) in [6.07, 6.45) is 1.53. The Kier molecular flexibility index (Phi) is 8.12. The molecule has 2 unspecified atom stereocenters. The molecule has 4 rings (SSSR count). The Balaban J connectivity index is 1.49.